The Morgan fingerprint density at radius 3 is 2.69 bits per heavy atom. The maximum Gasteiger partial charge on any atom is 0.322 e. The van der Waals surface area contributed by atoms with Crippen molar-refractivity contribution >= 4 is 22.8 Å². The lowest BCUT2D eigenvalue weighted by Crippen LogP contribution is -2.43. The van der Waals surface area contributed by atoms with E-state index >= 15 is 0 Å². The molecule has 4 aromatic rings. The largest absolute Gasteiger partial charge is 0.496 e. The van der Waals surface area contributed by atoms with Gasteiger partial charge in [-0.1, -0.05) is 24.3 Å². The van der Waals surface area contributed by atoms with E-state index in [-0.39, 0.29) is 12.1 Å². The van der Waals surface area contributed by atoms with E-state index in [9.17, 15) is 4.79 Å². The number of carbonyl (C=O) groups excluding carboxylic acids is 1. The van der Waals surface area contributed by atoms with Crippen molar-refractivity contribution in [3.63, 3.8) is 0 Å². The van der Waals surface area contributed by atoms with Gasteiger partial charge in [0, 0.05) is 35.1 Å². The van der Waals surface area contributed by atoms with Gasteiger partial charge in [-0.2, -0.15) is 0 Å². The highest BCUT2D eigenvalue weighted by atomic mass is 16.5. The normalized spacial score (nSPS) is 15.5. The molecule has 2 N–H and O–H groups in total. The maximum atomic E-state index is 13.5. The van der Waals surface area contributed by atoms with E-state index in [4.69, 9.17) is 4.74 Å². The predicted molar refractivity (Wildman–Crippen MR) is 126 cm³/mol. The number of rotatable bonds is 3. The summed E-state index contributed by atoms with van der Waals surface area (Å²) in [7, 11) is 1.66. The second-order valence-electron chi connectivity index (χ2n) is 8.31. The van der Waals surface area contributed by atoms with Crippen LogP contribution in [0.2, 0.25) is 0 Å². The quantitative estimate of drug-likeness (QED) is 0.463. The zero-order chi connectivity index (χ0) is 22.2. The van der Waals surface area contributed by atoms with Gasteiger partial charge in [0.25, 0.3) is 0 Å². The Kier molecular flexibility index (Phi) is 5.05. The molecule has 0 spiro atoms. The minimum Gasteiger partial charge on any atom is -0.496 e. The molecule has 6 heteroatoms. The fraction of sp³-hybridized carbons (Fsp3) is 0.231. The van der Waals surface area contributed by atoms with Crippen LogP contribution in [0.4, 0.5) is 10.5 Å². The number of aryl methyl sites for hydroxylation is 2. The number of carbonyl (C=O) groups is 1. The van der Waals surface area contributed by atoms with Crippen molar-refractivity contribution in [1.82, 2.24) is 14.9 Å². The summed E-state index contributed by atoms with van der Waals surface area (Å²) in [5.41, 5.74) is 7.01. The van der Waals surface area contributed by atoms with Gasteiger partial charge < -0.3 is 19.9 Å². The van der Waals surface area contributed by atoms with E-state index < -0.39 is 0 Å². The zero-order valence-electron chi connectivity index (χ0n) is 18.5. The Bertz CT molecular complexity index is 1290. The van der Waals surface area contributed by atoms with Crippen LogP contribution < -0.4 is 10.1 Å². The molecule has 0 aliphatic carbocycles. The number of aromatic nitrogens is 2. The van der Waals surface area contributed by atoms with Crippen LogP contribution in [0.15, 0.2) is 60.8 Å². The molecule has 1 unspecified atom stereocenters. The molecule has 2 aromatic carbocycles. The van der Waals surface area contributed by atoms with Crippen LogP contribution in [0.5, 0.6) is 5.75 Å². The predicted octanol–water partition coefficient (Wildman–Crippen LogP) is 5.37. The van der Waals surface area contributed by atoms with Crippen LogP contribution in [0, 0.1) is 13.8 Å². The van der Waals surface area contributed by atoms with Crippen LogP contribution >= 0.6 is 0 Å². The number of hydrogen-bond donors (Lipinski definition) is 2. The molecule has 0 fully saturated rings. The molecule has 1 atom stereocenters. The molecule has 1 aliphatic heterocycles. The van der Waals surface area contributed by atoms with Crippen molar-refractivity contribution in [1.29, 1.82) is 0 Å². The van der Waals surface area contributed by atoms with Crippen molar-refractivity contribution in [2.45, 2.75) is 26.3 Å². The van der Waals surface area contributed by atoms with Crippen LogP contribution in [-0.2, 0) is 6.42 Å². The number of anilines is 1. The Hall–Kier alpha value is -3.80. The van der Waals surface area contributed by atoms with Crippen molar-refractivity contribution in [2.75, 3.05) is 19.0 Å². The summed E-state index contributed by atoms with van der Waals surface area (Å²) < 4.78 is 5.68. The molecule has 162 valence electrons. The van der Waals surface area contributed by atoms with Crippen LogP contribution in [0.25, 0.3) is 11.0 Å². The van der Waals surface area contributed by atoms with Gasteiger partial charge in [0.15, 0.2) is 0 Å². The van der Waals surface area contributed by atoms with Crippen LogP contribution in [-0.4, -0.2) is 34.6 Å². The van der Waals surface area contributed by atoms with Crippen LogP contribution in [0.1, 0.15) is 34.0 Å². The maximum absolute atomic E-state index is 13.5. The van der Waals surface area contributed by atoms with Gasteiger partial charge in [-0.05, 0) is 67.3 Å². The Morgan fingerprint density at radius 2 is 1.91 bits per heavy atom. The molecule has 1 aliphatic rings. The van der Waals surface area contributed by atoms with Gasteiger partial charge in [0.2, 0.25) is 0 Å². The highest BCUT2D eigenvalue weighted by Gasteiger charge is 2.36. The number of fused-ring (bicyclic) bond motifs is 3. The standard InChI is InChI=1S/C26H26N4O2/c1-16-13-17(2)15-18(14-16)28-26(31)30-12-10-19-20-8-6-11-27-25(20)29-23(19)24(30)21-7-4-5-9-22(21)32-3/h4-9,11,13-15,24H,10,12H2,1-3H3,(H,27,29)(H,28,31). The summed E-state index contributed by atoms with van der Waals surface area (Å²) in [6.45, 7) is 4.66. The first-order valence-electron chi connectivity index (χ1n) is 10.8. The lowest BCUT2D eigenvalue weighted by molar-refractivity contribution is 0.192. The topological polar surface area (TPSA) is 70.2 Å². The summed E-state index contributed by atoms with van der Waals surface area (Å²) in [5, 5.41) is 4.22. The van der Waals surface area contributed by atoms with Gasteiger partial charge >= 0.3 is 6.03 Å². The average molecular weight is 427 g/mol. The smallest absolute Gasteiger partial charge is 0.322 e. The number of para-hydroxylation sites is 1. The second kappa shape index (κ2) is 8.04. The van der Waals surface area contributed by atoms with Crippen molar-refractivity contribution in [2.24, 2.45) is 0 Å². The number of methoxy groups -OCH3 is 1. The summed E-state index contributed by atoms with van der Waals surface area (Å²) in [6, 6.07) is 17.5. The third-order valence-corrected chi connectivity index (χ3v) is 6.07. The number of aromatic amines is 1. The van der Waals surface area contributed by atoms with E-state index in [2.05, 4.69) is 27.4 Å². The molecule has 6 nitrogen and oxygen atoms in total. The molecule has 2 amide bonds. The Morgan fingerprint density at radius 1 is 1.12 bits per heavy atom. The number of ether oxygens (including phenoxy) is 1. The third kappa shape index (κ3) is 3.47. The van der Waals surface area contributed by atoms with E-state index in [1.165, 1.54) is 5.56 Å². The minimum absolute atomic E-state index is 0.136. The highest BCUT2D eigenvalue weighted by molar-refractivity contribution is 5.91. The average Bonchev–Trinajstić information content (AvgIpc) is 3.16. The molecular weight excluding hydrogens is 400 g/mol. The Labute approximate surface area is 187 Å². The molecule has 0 radical (unpaired) electrons. The molecule has 32 heavy (non-hydrogen) atoms. The van der Waals surface area contributed by atoms with Crippen molar-refractivity contribution in [3.8, 4) is 5.75 Å². The number of urea groups is 1. The monoisotopic (exact) mass is 426 g/mol. The number of H-pyrrole nitrogens is 1. The van der Waals surface area contributed by atoms with Gasteiger partial charge in [-0.3, -0.25) is 0 Å². The molecule has 2 aromatic heterocycles. The number of nitrogens with zero attached hydrogens (tertiary/aromatic N) is 2. The lowest BCUT2D eigenvalue weighted by atomic mass is 9.92. The van der Waals surface area contributed by atoms with Crippen molar-refractivity contribution < 1.29 is 9.53 Å². The third-order valence-electron chi connectivity index (χ3n) is 6.07. The summed E-state index contributed by atoms with van der Waals surface area (Å²) in [6.07, 6.45) is 2.54. The lowest BCUT2D eigenvalue weighted by Gasteiger charge is -2.36. The molecule has 5 rings (SSSR count). The number of amides is 2. The van der Waals surface area contributed by atoms with E-state index in [1.807, 2.05) is 61.2 Å². The Balaban J connectivity index is 1.60. The van der Waals surface area contributed by atoms with Gasteiger partial charge in [-0.25, -0.2) is 9.78 Å². The van der Waals surface area contributed by atoms with E-state index in [0.29, 0.717) is 6.54 Å². The minimum atomic E-state index is -0.310. The van der Waals surface area contributed by atoms with Gasteiger partial charge in [0.1, 0.15) is 17.4 Å². The molecule has 0 bridgehead atoms. The summed E-state index contributed by atoms with van der Waals surface area (Å²) >= 11 is 0. The first-order chi connectivity index (χ1) is 15.5. The fourth-order valence-electron chi connectivity index (χ4n) is 4.79. The second-order valence-corrected chi connectivity index (χ2v) is 8.31. The summed E-state index contributed by atoms with van der Waals surface area (Å²) in [5.74, 6) is 0.751. The molecular formula is C26H26N4O2. The van der Waals surface area contributed by atoms with E-state index in [0.717, 1.165) is 51.3 Å². The number of nitrogens with one attached hydrogen (secondary N) is 2. The first-order valence-corrected chi connectivity index (χ1v) is 10.8. The van der Waals surface area contributed by atoms with E-state index in [1.54, 1.807) is 13.3 Å². The first kappa shape index (κ1) is 20.1. The number of pyridine rings is 1. The van der Waals surface area contributed by atoms with Gasteiger partial charge in [-0.15, -0.1) is 0 Å². The molecule has 3 heterocycles. The highest BCUT2D eigenvalue weighted by Crippen LogP contribution is 2.41. The van der Waals surface area contributed by atoms with Crippen LogP contribution in [0.3, 0.4) is 0 Å². The number of hydrogen-bond acceptors (Lipinski definition) is 3. The van der Waals surface area contributed by atoms with Crippen molar-refractivity contribution in [3.05, 3.63) is 88.7 Å². The zero-order valence-corrected chi connectivity index (χ0v) is 18.5. The molecule has 0 saturated heterocycles. The number of benzene rings is 2. The SMILES string of the molecule is COc1ccccc1C1c2[nH]c3ncccc3c2CCN1C(=O)Nc1cc(C)cc(C)c1. The summed E-state index contributed by atoms with van der Waals surface area (Å²) in [4.78, 5) is 23.4. The fourth-order valence-corrected chi connectivity index (χ4v) is 4.79. The molecule has 0 saturated carbocycles. The van der Waals surface area contributed by atoms with Gasteiger partial charge in [0.05, 0.1) is 7.11 Å².